The Morgan fingerprint density at radius 2 is 1.88 bits per heavy atom. The number of piperazine rings is 1. The van der Waals surface area contributed by atoms with Crippen molar-refractivity contribution in [2.75, 3.05) is 31.1 Å². The van der Waals surface area contributed by atoms with Crippen LogP contribution in [0.5, 0.6) is 0 Å². The second-order valence-electron chi connectivity index (χ2n) is 6.96. The average molecular weight is 338 g/mol. The van der Waals surface area contributed by atoms with Gasteiger partial charge in [-0.1, -0.05) is 18.9 Å². The fraction of sp³-hybridized carbons (Fsp3) is 0.556. The second kappa shape index (κ2) is 6.36. The maximum atomic E-state index is 12.5. The van der Waals surface area contributed by atoms with Gasteiger partial charge >= 0.3 is 0 Å². The molecule has 4 rings (SSSR count). The van der Waals surface area contributed by atoms with Gasteiger partial charge < -0.3 is 9.80 Å². The van der Waals surface area contributed by atoms with E-state index in [1.165, 1.54) is 0 Å². The maximum absolute atomic E-state index is 12.5. The van der Waals surface area contributed by atoms with Gasteiger partial charge in [0.15, 0.2) is 5.92 Å². The van der Waals surface area contributed by atoms with Crippen LogP contribution in [0.1, 0.15) is 25.7 Å². The van der Waals surface area contributed by atoms with Crippen LogP contribution < -0.4 is 10.2 Å². The fourth-order valence-corrected chi connectivity index (χ4v) is 4.13. The van der Waals surface area contributed by atoms with Gasteiger partial charge in [0, 0.05) is 32.4 Å². The molecule has 0 radical (unpaired) electrons. The van der Waals surface area contributed by atoms with Crippen molar-refractivity contribution >= 4 is 17.7 Å². The zero-order valence-corrected chi connectivity index (χ0v) is 14.2. The minimum atomic E-state index is -0.659. The fourth-order valence-electron chi connectivity index (χ4n) is 4.13. The summed E-state index contributed by atoms with van der Waals surface area (Å²) in [6.07, 6.45) is 5.54. The lowest BCUT2D eigenvalue weighted by atomic mass is 9.82. The number of aliphatic imine (C=N–C) groups is 1. The number of amides is 1. The van der Waals surface area contributed by atoms with E-state index < -0.39 is 11.5 Å². The minimum absolute atomic E-state index is 0.193. The summed E-state index contributed by atoms with van der Waals surface area (Å²) in [6.45, 7) is 3.23. The number of anilines is 1. The molecular formula is C18H22N6O. The van der Waals surface area contributed by atoms with Crippen LogP contribution in [0.4, 0.5) is 5.82 Å². The van der Waals surface area contributed by atoms with Gasteiger partial charge in [0.1, 0.15) is 5.82 Å². The van der Waals surface area contributed by atoms with Crippen molar-refractivity contribution < 1.29 is 4.79 Å². The summed E-state index contributed by atoms with van der Waals surface area (Å²) >= 11 is 0. The van der Waals surface area contributed by atoms with E-state index >= 15 is 0 Å². The summed E-state index contributed by atoms with van der Waals surface area (Å²) in [5.74, 6) is 0.780. The highest BCUT2D eigenvalue weighted by atomic mass is 16.2. The van der Waals surface area contributed by atoms with Crippen LogP contribution in [-0.2, 0) is 4.79 Å². The number of guanidine groups is 1. The zero-order valence-electron chi connectivity index (χ0n) is 14.2. The van der Waals surface area contributed by atoms with Gasteiger partial charge in [0.25, 0.3) is 0 Å². The minimum Gasteiger partial charge on any atom is -0.353 e. The van der Waals surface area contributed by atoms with E-state index in [1.54, 1.807) is 6.20 Å². The molecule has 1 atom stereocenters. The maximum Gasteiger partial charge on any atom is 0.246 e. The van der Waals surface area contributed by atoms with E-state index in [9.17, 15) is 10.1 Å². The lowest BCUT2D eigenvalue weighted by molar-refractivity contribution is -0.124. The molecule has 2 aliphatic heterocycles. The first kappa shape index (κ1) is 15.9. The Kier molecular flexibility index (Phi) is 4.04. The number of pyridine rings is 1. The first-order valence-electron chi connectivity index (χ1n) is 8.93. The molecule has 1 saturated carbocycles. The first-order valence-corrected chi connectivity index (χ1v) is 8.93. The van der Waals surface area contributed by atoms with E-state index in [0.29, 0.717) is 5.96 Å². The van der Waals surface area contributed by atoms with E-state index in [1.807, 2.05) is 18.2 Å². The van der Waals surface area contributed by atoms with Crippen molar-refractivity contribution in [3.63, 3.8) is 0 Å². The van der Waals surface area contributed by atoms with E-state index in [4.69, 9.17) is 4.99 Å². The summed E-state index contributed by atoms with van der Waals surface area (Å²) in [5, 5.41) is 12.3. The molecule has 7 heteroatoms. The van der Waals surface area contributed by atoms with Crippen LogP contribution in [0.3, 0.4) is 0 Å². The molecule has 7 nitrogen and oxygen atoms in total. The Balaban J connectivity index is 1.50. The topological polar surface area (TPSA) is 84.6 Å². The number of carbonyl (C=O) groups is 1. The van der Waals surface area contributed by atoms with Gasteiger partial charge in [-0.15, -0.1) is 0 Å². The highest BCUT2D eigenvalue weighted by Gasteiger charge is 2.49. The molecule has 1 aliphatic carbocycles. The summed E-state index contributed by atoms with van der Waals surface area (Å²) in [7, 11) is 0. The van der Waals surface area contributed by atoms with Crippen molar-refractivity contribution in [1.29, 1.82) is 5.26 Å². The van der Waals surface area contributed by atoms with Crippen LogP contribution in [-0.4, -0.2) is 53.5 Å². The molecule has 1 spiro atoms. The van der Waals surface area contributed by atoms with Crippen molar-refractivity contribution in [3.8, 4) is 6.07 Å². The third kappa shape index (κ3) is 2.82. The molecule has 1 saturated heterocycles. The Labute approximate surface area is 147 Å². The van der Waals surface area contributed by atoms with E-state index in [2.05, 4.69) is 26.2 Å². The monoisotopic (exact) mass is 338 g/mol. The van der Waals surface area contributed by atoms with Gasteiger partial charge in [-0.25, -0.2) is 9.98 Å². The summed E-state index contributed by atoms with van der Waals surface area (Å²) in [6, 6.07) is 8.11. The quantitative estimate of drug-likeness (QED) is 0.830. The lowest BCUT2D eigenvalue weighted by Gasteiger charge is -2.41. The molecule has 130 valence electrons. The van der Waals surface area contributed by atoms with Gasteiger partial charge in [-0.3, -0.25) is 10.1 Å². The Morgan fingerprint density at radius 3 is 2.52 bits per heavy atom. The number of rotatable bonds is 1. The first-order chi connectivity index (χ1) is 12.2. The number of nitrogens with one attached hydrogen (secondary N) is 1. The van der Waals surface area contributed by atoms with Gasteiger partial charge in [0.2, 0.25) is 11.9 Å². The molecule has 1 N–H and O–H groups in total. The highest BCUT2D eigenvalue weighted by molar-refractivity contribution is 6.02. The summed E-state index contributed by atoms with van der Waals surface area (Å²) in [5.41, 5.74) is -0.509. The Morgan fingerprint density at radius 1 is 1.16 bits per heavy atom. The average Bonchev–Trinajstić information content (AvgIpc) is 3.11. The Bertz CT molecular complexity index is 711. The van der Waals surface area contributed by atoms with E-state index in [-0.39, 0.29) is 5.91 Å². The molecule has 0 bridgehead atoms. The Hall–Kier alpha value is -2.62. The highest BCUT2D eigenvalue weighted by Crippen LogP contribution is 2.41. The van der Waals surface area contributed by atoms with Crippen LogP contribution in [0.15, 0.2) is 29.4 Å². The molecule has 0 aromatic carbocycles. The second-order valence-corrected chi connectivity index (χ2v) is 6.96. The predicted octanol–water partition coefficient (Wildman–Crippen LogP) is 1.14. The van der Waals surface area contributed by atoms with Gasteiger partial charge in [-0.2, -0.15) is 5.26 Å². The molecule has 2 fully saturated rings. The molecule has 25 heavy (non-hydrogen) atoms. The molecule has 1 aromatic rings. The molecule has 1 unspecified atom stereocenters. The molecule has 3 heterocycles. The standard InChI is InChI=1S/C18H22N6O/c19-13-14-16(25)21-17(22-18(14)6-2-3-7-18)24-11-9-23(10-12-24)15-5-1-4-8-20-15/h1,4-5,8,14H,2-3,6-7,9-12H2,(H,21,22,25). The van der Waals surface area contributed by atoms with Crippen LogP contribution in [0, 0.1) is 17.2 Å². The molecule has 1 aromatic heterocycles. The molecular weight excluding hydrogens is 316 g/mol. The van der Waals surface area contributed by atoms with Crippen LogP contribution in [0.2, 0.25) is 0 Å². The normalized spacial score (nSPS) is 25.5. The number of nitriles is 1. The smallest absolute Gasteiger partial charge is 0.246 e. The van der Waals surface area contributed by atoms with Crippen LogP contribution >= 0.6 is 0 Å². The SMILES string of the molecule is N#CC1C(=O)NC(N2CCN(c3ccccn3)CC2)=NC12CCCC2. The van der Waals surface area contributed by atoms with Crippen LogP contribution in [0.25, 0.3) is 0 Å². The van der Waals surface area contributed by atoms with E-state index in [0.717, 1.165) is 57.7 Å². The number of nitrogens with zero attached hydrogens (tertiary/aromatic N) is 5. The number of hydrogen-bond donors (Lipinski definition) is 1. The largest absolute Gasteiger partial charge is 0.353 e. The van der Waals surface area contributed by atoms with Crippen molar-refractivity contribution in [3.05, 3.63) is 24.4 Å². The van der Waals surface area contributed by atoms with Crippen molar-refractivity contribution in [2.45, 2.75) is 31.2 Å². The summed E-state index contributed by atoms with van der Waals surface area (Å²) in [4.78, 5) is 26.1. The third-order valence-corrected chi connectivity index (χ3v) is 5.51. The lowest BCUT2D eigenvalue weighted by Crippen LogP contribution is -2.59. The van der Waals surface area contributed by atoms with Crippen molar-refractivity contribution in [1.82, 2.24) is 15.2 Å². The van der Waals surface area contributed by atoms with Crippen molar-refractivity contribution in [2.24, 2.45) is 10.9 Å². The van der Waals surface area contributed by atoms with Gasteiger partial charge in [-0.05, 0) is 25.0 Å². The predicted molar refractivity (Wildman–Crippen MR) is 93.9 cm³/mol. The summed E-state index contributed by atoms with van der Waals surface area (Å²) < 4.78 is 0. The zero-order chi connectivity index (χ0) is 17.3. The number of hydrogen-bond acceptors (Lipinski definition) is 6. The van der Waals surface area contributed by atoms with Gasteiger partial charge in [0.05, 0.1) is 11.6 Å². The molecule has 3 aliphatic rings. The molecule has 1 amide bonds. The number of aromatic nitrogens is 1. The third-order valence-electron chi connectivity index (χ3n) is 5.51. The number of carbonyl (C=O) groups excluding carboxylic acids is 1.